The summed E-state index contributed by atoms with van der Waals surface area (Å²) < 4.78 is 5.07. The predicted octanol–water partition coefficient (Wildman–Crippen LogP) is 3.06. The fraction of sp³-hybridized carbons (Fsp3) is 0.200. The van der Waals surface area contributed by atoms with Crippen LogP contribution in [0.1, 0.15) is 10.4 Å². The van der Waals surface area contributed by atoms with Crippen LogP contribution in [0.25, 0.3) is 0 Å². The quantitative estimate of drug-likeness (QED) is 0.943. The number of carbonyl (C=O) groups excluding carboxylic acids is 1. The van der Waals surface area contributed by atoms with E-state index in [1.165, 1.54) is 0 Å². The summed E-state index contributed by atoms with van der Waals surface area (Å²) in [6, 6.07) is 8.46. The number of carbonyl (C=O) groups is 1. The molecule has 0 radical (unpaired) electrons. The molecule has 1 amide bonds. The maximum absolute atomic E-state index is 12.2. The normalized spacial score (nSPS) is 10.1. The molecule has 0 unspecified atom stereocenters. The number of aromatic nitrogens is 1. The molecule has 0 fully saturated rings. The second-order valence-electron chi connectivity index (χ2n) is 4.60. The van der Waals surface area contributed by atoms with Crippen LogP contribution in [0.2, 0.25) is 5.02 Å². The standard InChI is InChI=1S/C15H16ClN3O2/c1-19(2)14-8-10(6-7-17-14)15(20)18-11-4-5-13(21-3)12(16)9-11/h4-9H,1-3H3,(H,18,20). The molecular weight excluding hydrogens is 290 g/mol. The molecule has 1 heterocycles. The van der Waals surface area contributed by atoms with E-state index in [9.17, 15) is 4.79 Å². The molecular formula is C15H16ClN3O2. The highest BCUT2D eigenvalue weighted by molar-refractivity contribution is 6.32. The number of rotatable bonds is 4. The number of halogens is 1. The smallest absolute Gasteiger partial charge is 0.255 e. The van der Waals surface area contributed by atoms with Crippen LogP contribution < -0.4 is 15.0 Å². The van der Waals surface area contributed by atoms with Crippen LogP contribution in [-0.2, 0) is 0 Å². The van der Waals surface area contributed by atoms with Crippen molar-refractivity contribution in [2.75, 3.05) is 31.4 Å². The lowest BCUT2D eigenvalue weighted by Crippen LogP contribution is -2.15. The number of pyridine rings is 1. The minimum atomic E-state index is -0.221. The van der Waals surface area contributed by atoms with E-state index < -0.39 is 0 Å². The van der Waals surface area contributed by atoms with Crippen molar-refractivity contribution in [1.29, 1.82) is 0 Å². The third-order valence-electron chi connectivity index (χ3n) is 2.88. The predicted molar refractivity (Wildman–Crippen MR) is 84.5 cm³/mol. The van der Waals surface area contributed by atoms with Gasteiger partial charge in [-0.25, -0.2) is 4.98 Å². The average Bonchev–Trinajstić information content (AvgIpc) is 2.47. The van der Waals surface area contributed by atoms with Crippen molar-refractivity contribution in [2.45, 2.75) is 0 Å². The van der Waals surface area contributed by atoms with Crippen molar-refractivity contribution < 1.29 is 9.53 Å². The number of hydrogen-bond acceptors (Lipinski definition) is 4. The van der Waals surface area contributed by atoms with Gasteiger partial charge in [0.25, 0.3) is 5.91 Å². The van der Waals surface area contributed by atoms with Gasteiger partial charge in [-0.1, -0.05) is 11.6 Å². The molecule has 1 aromatic carbocycles. The molecule has 110 valence electrons. The maximum atomic E-state index is 12.2. The summed E-state index contributed by atoms with van der Waals surface area (Å²) in [5.41, 5.74) is 1.13. The van der Waals surface area contributed by atoms with Crippen LogP contribution in [0.5, 0.6) is 5.75 Å². The zero-order chi connectivity index (χ0) is 15.4. The minimum Gasteiger partial charge on any atom is -0.495 e. The Hall–Kier alpha value is -2.27. The second kappa shape index (κ2) is 6.45. The van der Waals surface area contributed by atoms with Gasteiger partial charge in [-0.2, -0.15) is 0 Å². The van der Waals surface area contributed by atoms with Crippen molar-refractivity contribution in [2.24, 2.45) is 0 Å². The van der Waals surface area contributed by atoms with Gasteiger partial charge in [0.2, 0.25) is 0 Å². The van der Waals surface area contributed by atoms with Gasteiger partial charge in [-0.15, -0.1) is 0 Å². The topological polar surface area (TPSA) is 54.5 Å². The minimum absolute atomic E-state index is 0.221. The molecule has 0 saturated heterocycles. The lowest BCUT2D eigenvalue weighted by atomic mass is 10.2. The molecule has 1 aromatic heterocycles. The maximum Gasteiger partial charge on any atom is 0.255 e. The summed E-state index contributed by atoms with van der Waals surface area (Å²) in [7, 11) is 5.28. The molecule has 0 aliphatic heterocycles. The van der Waals surface area contributed by atoms with Crippen molar-refractivity contribution in [3.63, 3.8) is 0 Å². The average molecular weight is 306 g/mol. The third-order valence-corrected chi connectivity index (χ3v) is 3.17. The Labute approximate surface area is 128 Å². The molecule has 0 aliphatic rings. The first-order valence-electron chi connectivity index (χ1n) is 6.29. The van der Waals surface area contributed by atoms with E-state index >= 15 is 0 Å². The largest absolute Gasteiger partial charge is 0.495 e. The van der Waals surface area contributed by atoms with Gasteiger partial charge in [0.05, 0.1) is 12.1 Å². The number of amides is 1. The van der Waals surface area contributed by atoms with Gasteiger partial charge in [0.1, 0.15) is 11.6 Å². The van der Waals surface area contributed by atoms with Gasteiger partial charge in [-0.05, 0) is 30.3 Å². The fourth-order valence-corrected chi connectivity index (χ4v) is 2.01. The second-order valence-corrected chi connectivity index (χ2v) is 5.01. The summed E-state index contributed by atoms with van der Waals surface area (Å²) in [6.45, 7) is 0. The Kier molecular flexibility index (Phi) is 4.65. The summed E-state index contributed by atoms with van der Waals surface area (Å²) in [6.07, 6.45) is 1.60. The number of ether oxygens (including phenoxy) is 1. The summed E-state index contributed by atoms with van der Waals surface area (Å²) >= 11 is 6.03. The lowest BCUT2D eigenvalue weighted by molar-refractivity contribution is 0.102. The zero-order valence-corrected chi connectivity index (χ0v) is 12.8. The van der Waals surface area contributed by atoms with E-state index in [1.807, 2.05) is 19.0 Å². The van der Waals surface area contributed by atoms with Crippen molar-refractivity contribution >= 4 is 29.0 Å². The van der Waals surface area contributed by atoms with E-state index in [2.05, 4.69) is 10.3 Å². The molecule has 0 bridgehead atoms. The van der Waals surface area contributed by atoms with Crippen LogP contribution in [0, 0.1) is 0 Å². The van der Waals surface area contributed by atoms with Crippen LogP contribution in [0.4, 0.5) is 11.5 Å². The Bertz CT molecular complexity index is 659. The molecule has 6 heteroatoms. The first-order chi connectivity index (χ1) is 10.0. The van der Waals surface area contributed by atoms with Gasteiger partial charge in [0.15, 0.2) is 0 Å². The summed E-state index contributed by atoms with van der Waals surface area (Å²) in [5, 5.41) is 3.23. The van der Waals surface area contributed by atoms with Crippen LogP contribution in [0.3, 0.4) is 0 Å². The fourth-order valence-electron chi connectivity index (χ4n) is 1.75. The van der Waals surface area contributed by atoms with Crippen LogP contribution >= 0.6 is 11.6 Å². The van der Waals surface area contributed by atoms with Gasteiger partial charge in [0, 0.05) is 31.5 Å². The number of methoxy groups -OCH3 is 1. The Balaban J connectivity index is 2.18. The lowest BCUT2D eigenvalue weighted by Gasteiger charge is -2.12. The van der Waals surface area contributed by atoms with Crippen LogP contribution in [0.15, 0.2) is 36.5 Å². The van der Waals surface area contributed by atoms with E-state index in [0.717, 1.165) is 5.82 Å². The Morgan fingerprint density at radius 1 is 1.29 bits per heavy atom. The van der Waals surface area contributed by atoms with E-state index in [-0.39, 0.29) is 5.91 Å². The van der Waals surface area contributed by atoms with Crippen molar-refractivity contribution in [3.05, 3.63) is 47.1 Å². The molecule has 21 heavy (non-hydrogen) atoms. The Morgan fingerprint density at radius 2 is 2.05 bits per heavy atom. The molecule has 0 saturated carbocycles. The van der Waals surface area contributed by atoms with Gasteiger partial charge >= 0.3 is 0 Å². The molecule has 0 spiro atoms. The highest BCUT2D eigenvalue weighted by Gasteiger charge is 2.09. The molecule has 0 atom stereocenters. The Morgan fingerprint density at radius 3 is 2.67 bits per heavy atom. The number of nitrogens with zero attached hydrogens (tertiary/aromatic N) is 2. The molecule has 0 aliphatic carbocycles. The number of hydrogen-bond donors (Lipinski definition) is 1. The van der Waals surface area contributed by atoms with Crippen LogP contribution in [-0.4, -0.2) is 32.1 Å². The summed E-state index contributed by atoms with van der Waals surface area (Å²) in [5.74, 6) is 1.06. The number of anilines is 2. The molecule has 5 nitrogen and oxygen atoms in total. The molecule has 1 N–H and O–H groups in total. The zero-order valence-electron chi connectivity index (χ0n) is 12.1. The molecule has 2 aromatic rings. The highest BCUT2D eigenvalue weighted by Crippen LogP contribution is 2.27. The number of nitrogens with one attached hydrogen (secondary N) is 1. The monoisotopic (exact) mass is 305 g/mol. The summed E-state index contributed by atoms with van der Waals surface area (Å²) in [4.78, 5) is 18.2. The van der Waals surface area contributed by atoms with E-state index in [0.29, 0.717) is 22.0 Å². The van der Waals surface area contributed by atoms with E-state index in [1.54, 1.807) is 43.6 Å². The van der Waals surface area contributed by atoms with Crippen molar-refractivity contribution in [3.8, 4) is 5.75 Å². The third kappa shape index (κ3) is 3.64. The van der Waals surface area contributed by atoms with E-state index in [4.69, 9.17) is 16.3 Å². The first-order valence-corrected chi connectivity index (χ1v) is 6.67. The first kappa shape index (κ1) is 15.1. The van der Waals surface area contributed by atoms with Gasteiger partial charge < -0.3 is 15.0 Å². The highest BCUT2D eigenvalue weighted by atomic mass is 35.5. The number of benzene rings is 1. The van der Waals surface area contributed by atoms with Crippen molar-refractivity contribution in [1.82, 2.24) is 4.98 Å². The van der Waals surface area contributed by atoms with Gasteiger partial charge in [-0.3, -0.25) is 4.79 Å². The SMILES string of the molecule is COc1ccc(NC(=O)c2ccnc(N(C)C)c2)cc1Cl. The molecule has 2 rings (SSSR count).